The van der Waals surface area contributed by atoms with Gasteiger partial charge in [0.2, 0.25) is 5.91 Å². The molecule has 24 heavy (non-hydrogen) atoms. The van der Waals surface area contributed by atoms with Crippen LogP contribution >= 0.6 is 15.9 Å². The highest BCUT2D eigenvalue weighted by Crippen LogP contribution is 2.15. The number of hydrogen-bond acceptors (Lipinski definition) is 4. The van der Waals surface area contributed by atoms with E-state index in [1.54, 1.807) is 42.5 Å². The summed E-state index contributed by atoms with van der Waals surface area (Å²) in [4.78, 5) is 28.8. The van der Waals surface area contributed by atoms with Crippen molar-refractivity contribution in [3.05, 3.63) is 69.2 Å². The van der Waals surface area contributed by atoms with Crippen LogP contribution in [0.4, 0.5) is 5.69 Å². The third-order valence-electron chi connectivity index (χ3n) is 3.42. The van der Waals surface area contributed by atoms with E-state index in [2.05, 4.69) is 26.2 Å². The van der Waals surface area contributed by atoms with Gasteiger partial charge in [-0.15, -0.1) is 0 Å². The number of hydrogen-bond donors (Lipinski definition) is 1. The minimum absolute atomic E-state index is 0.186. The summed E-state index contributed by atoms with van der Waals surface area (Å²) in [5.74, 6) is -0.407. The number of aromatic nitrogens is 2. The first-order chi connectivity index (χ1) is 11.6. The molecule has 0 aliphatic heterocycles. The zero-order chi connectivity index (χ0) is 17.1. The molecule has 118 valence electrons. The highest BCUT2D eigenvalue weighted by molar-refractivity contribution is 9.10. The summed E-state index contributed by atoms with van der Waals surface area (Å²) in [6, 6.07) is 13.9. The highest BCUT2D eigenvalue weighted by atomic mass is 79.9. The van der Waals surface area contributed by atoms with E-state index in [0.717, 1.165) is 4.47 Å². The van der Waals surface area contributed by atoms with Gasteiger partial charge in [-0.05, 0) is 30.3 Å². The molecule has 1 heterocycles. The molecule has 0 saturated heterocycles. The average Bonchev–Trinajstić information content (AvgIpc) is 2.58. The Kier molecular flexibility index (Phi) is 4.40. The maximum absolute atomic E-state index is 12.5. The van der Waals surface area contributed by atoms with Gasteiger partial charge in [-0.1, -0.05) is 28.1 Å². The topological polar surface area (TPSA) is 87.8 Å². The lowest BCUT2D eigenvalue weighted by atomic mass is 10.2. The van der Waals surface area contributed by atoms with Gasteiger partial charge in [0, 0.05) is 4.47 Å². The summed E-state index contributed by atoms with van der Waals surface area (Å²) < 4.78 is 2.00. The number of nitriles is 1. The minimum atomic E-state index is -0.407. The summed E-state index contributed by atoms with van der Waals surface area (Å²) in [7, 11) is 0. The van der Waals surface area contributed by atoms with Crippen molar-refractivity contribution < 1.29 is 4.79 Å². The normalized spacial score (nSPS) is 10.3. The van der Waals surface area contributed by atoms with Gasteiger partial charge in [-0.25, -0.2) is 4.98 Å². The maximum Gasteiger partial charge on any atom is 0.261 e. The van der Waals surface area contributed by atoms with Crippen molar-refractivity contribution in [2.75, 3.05) is 5.32 Å². The second-order valence-electron chi connectivity index (χ2n) is 5.04. The second-order valence-corrected chi connectivity index (χ2v) is 5.96. The molecule has 0 unspecified atom stereocenters. The highest BCUT2D eigenvalue weighted by Gasteiger charge is 2.10. The summed E-state index contributed by atoms with van der Waals surface area (Å²) in [6.07, 6.45) is 1.34. The number of nitrogens with one attached hydrogen (secondary N) is 1. The van der Waals surface area contributed by atoms with E-state index in [0.29, 0.717) is 22.2 Å². The Morgan fingerprint density at radius 2 is 2.08 bits per heavy atom. The second kappa shape index (κ2) is 6.64. The van der Waals surface area contributed by atoms with E-state index < -0.39 is 5.91 Å². The smallest absolute Gasteiger partial charge is 0.261 e. The molecule has 0 fully saturated rings. The van der Waals surface area contributed by atoms with Crippen LogP contribution < -0.4 is 10.9 Å². The van der Waals surface area contributed by atoms with Crippen molar-refractivity contribution in [2.24, 2.45) is 0 Å². The van der Waals surface area contributed by atoms with E-state index in [9.17, 15) is 9.59 Å². The number of anilines is 1. The molecule has 7 heteroatoms. The number of nitrogens with zero attached hydrogens (tertiary/aromatic N) is 3. The Hall–Kier alpha value is -2.98. The largest absolute Gasteiger partial charge is 0.323 e. The molecule has 0 aliphatic rings. The Balaban J connectivity index is 1.87. The molecule has 3 aromatic rings. The lowest BCUT2D eigenvalue weighted by Crippen LogP contribution is -2.28. The van der Waals surface area contributed by atoms with Crippen LogP contribution in [0.25, 0.3) is 10.9 Å². The van der Waals surface area contributed by atoms with Gasteiger partial charge in [0.25, 0.3) is 5.56 Å². The molecule has 0 spiro atoms. The molecule has 0 atom stereocenters. The van der Waals surface area contributed by atoms with Crippen LogP contribution in [0.1, 0.15) is 5.56 Å². The number of para-hydroxylation sites is 1. The van der Waals surface area contributed by atoms with Crippen molar-refractivity contribution >= 4 is 38.4 Å². The van der Waals surface area contributed by atoms with Crippen LogP contribution in [-0.2, 0) is 11.3 Å². The van der Waals surface area contributed by atoms with Crippen LogP contribution in [0.5, 0.6) is 0 Å². The monoisotopic (exact) mass is 382 g/mol. The molecule has 1 aromatic heterocycles. The van der Waals surface area contributed by atoms with Crippen LogP contribution in [0.2, 0.25) is 0 Å². The fraction of sp³-hybridized carbons (Fsp3) is 0.0588. The number of fused-ring (bicyclic) bond motifs is 1. The zero-order valence-corrected chi connectivity index (χ0v) is 13.9. The Morgan fingerprint density at radius 1 is 1.29 bits per heavy atom. The van der Waals surface area contributed by atoms with E-state index >= 15 is 0 Å². The summed E-state index contributed by atoms with van der Waals surface area (Å²) in [5.41, 5.74) is 1.04. The fourth-order valence-corrected chi connectivity index (χ4v) is 2.64. The third kappa shape index (κ3) is 3.19. The molecule has 1 N–H and O–H groups in total. The zero-order valence-electron chi connectivity index (χ0n) is 12.4. The number of carbonyl (C=O) groups excluding carboxylic acids is 1. The average molecular weight is 383 g/mol. The summed E-state index contributed by atoms with van der Waals surface area (Å²) >= 11 is 3.32. The SMILES string of the molecule is N#Cc1ccccc1NC(=O)Cn1cnc2ccc(Br)cc2c1=O. The molecule has 0 radical (unpaired) electrons. The van der Waals surface area contributed by atoms with Crippen molar-refractivity contribution in [3.63, 3.8) is 0 Å². The number of rotatable bonds is 3. The van der Waals surface area contributed by atoms with E-state index in [-0.39, 0.29) is 12.1 Å². The van der Waals surface area contributed by atoms with Gasteiger partial charge in [0.1, 0.15) is 12.6 Å². The van der Waals surface area contributed by atoms with Crippen LogP contribution in [0.15, 0.2) is 58.1 Å². The lowest BCUT2D eigenvalue weighted by molar-refractivity contribution is -0.116. The Morgan fingerprint density at radius 3 is 2.88 bits per heavy atom. The standard InChI is InChI=1S/C17H11BrN4O2/c18-12-5-6-15-13(7-12)17(24)22(10-20-15)9-16(23)21-14-4-2-1-3-11(14)8-19/h1-7,10H,9H2,(H,21,23). The molecule has 0 saturated carbocycles. The third-order valence-corrected chi connectivity index (χ3v) is 3.91. The van der Waals surface area contributed by atoms with Crippen molar-refractivity contribution in [1.82, 2.24) is 9.55 Å². The van der Waals surface area contributed by atoms with Crippen molar-refractivity contribution in [3.8, 4) is 6.07 Å². The fourth-order valence-electron chi connectivity index (χ4n) is 2.28. The molecular weight excluding hydrogens is 372 g/mol. The maximum atomic E-state index is 12.5. The molecule has 3 rings (SSSR count). The van der Waals surface area contributed by atoms with E-state index in [4.69, 9.17) is 5.26 Å². The number of benzene rings is 2. The van der Waals surface area contributed by atoms with Gasteiger partial charge >= 0.3 is 0 Å². The summed E-state index contributed by atoms with van der Waals surface area (Å²) in [5, 5.41) is 12.1. The first-order valence-electron chi connectivity index (χ1n) is 7.02. The van der Waals surface area contributed by atoms with Crippen LogP contribution in [0.3, 0.4) is 0 Å². The van der Waals surface area contributed by atoms with Crippen LogP contribution in [-0.4, -0.2) is 15.5 Å². The van der Waals surface area contributed by atoms with Gasteiger partial charge < -0.3 is 5.32 Å². The summed E-state index contributed by atoms with van der Waals surface area (Å²) in [6.45, 7) is -0.186. The van der Waals surface area contributed by atoms with Gasteiger partial charge in [-0.2, -0.15) is 5.26 Å². The van der Waals surface area contributed by atoms with Crippen molar-refractivity contribution in [1.29, 1.82) is 5.26 Å². The lowest BCUT2D eigenvalue weighted by Gasteiger charge is -2.09. The van der Waals surface area contributed by atoms with E-state index in [1.807, 2.05) is 6.07 Å². The minimum Gasteiger partial charge on any atom is -0.323 e. The molecule has 0 bridgehead atoms. The number of carbonyl (C=O) groups is 1. The Labute approximate surface area is 145 Å². The van der Waals surface area contributed by atoms with Crippen LogP contribution in [0, 0.1) is 11.3 Å². The molecular formula is C17H11BrN4O2. The van der Waals surface area contributed by atoms with Gasteiger partial charge in [0.05, 0.1) is 28.5 Å². The predicted octanol–water partition coefficient (Wildman–Crippen LogP) is 2.67. The van der Waals surface area contributed by atoms with Gasteiger partial charge in [0.15, 0.2) is 0 Å². The molecule has 2 aromatic carbocycles. The quantitative estimate of drug-likeness (QED) is 0.753. The first-order valence-corrected chi connectivity index (χ1v) is 7.81. The van der Waals surface area contributed by atoms with Crippen molar-refractivity contribution in [2.45, 2.75) is 6.54 Å². The number of amides is 1. The molecule has 1 amide bonds. The Bertz CT molecular complexity index is 1040. The predicted molar refractivity (Wildman–Crippen MR) is 93.5 cm³/mol. The van der Waals surface area contributed by atoms with E-state index in [1.165, 1.54) is 10.9 Å². The molecule has 0 aliphatic carbocycles. The van der Waals surface area contributed by atoms with Gasteiger partial charge in [-0.3, -0.25) is 14.2 Å². The number of halogens is 1. The molecule has 6 nitrogen and oxygen atoms in total. The first kappa shape index (κ1) is 15.9.